The number of carbonyl (C=O) groups is 8. The first-order valence-electron chi connectivity index (χ1n) is 20.2. The van der Waals surface area contributed by atoms with E-state index in [0.29, 0.717) is 18.4 Å². The van der Waals surface area contributed by atoms with Gasteiger partial charge in [0.25, 0.3) is 0 Å². The smallest absolute Gasteiger partial charge is 0.243 e. The van der Waals surface area contributed by atoms with Crippen LogP contribution in [-0.2, 0) is 51.2 Å². The molecular weight excluding hydrogens is 771 g/mol. The number of carbonyl (C=O) groups excluding carboxylic acids is 8. The molecule has 1 aliphatic rings. The Balaban J connectivity index is 1.37. The van der Waals surface area contributed by atoms with Gasteiger partial charge in [-0.3, -0.25) is 38.4 Å². The lowest BCUT2D eigenvalue weighted by Crippen LogP contribution is -2.56. The van der Waals surface area contributed by atoms with E-state index in [2.05, 4.69) is 47.5 Å². The van der Waals surface area contributed by atoms with Gasteiger partial charge in [-0.25, -0.2) is 0 Å². The van der Waals surface area contributed by atoms with Gasteiger partial charge in [0, 0.05) is 56.4 Å². The van der Waals surface area contributed by atoms with Gasteiger partial charge in [-0.2, -0.15) is 0 Å². The molecule has 60 heavy (non-hydrogen) atoms. The van der Waals surface area contributed by atoms with Crippen LogP contribution in [0.25, 0.3) is 21.7 Å². The Morgan fingerprint density at radius 3 is 2.12 bits per heavy atom. The Hall–Kier alpha value is -6.78. The number of para-hydroxylation sites is 1. The molecule has 0 spiro atoms. The minimum Gasteiger partial charge on any atom is -0.361 e. The van der Waals surface area contributed by atoms with E-state index in [1.807, 2.05) is 73.7 Å². The second kappa shape index (κ2) is 21.8. The second-order valence-electron chi connectivity index (χ2n) is 14.8. The van der Waals surface area contributed by atoms with Gasteiger partial charge in [0.15, 0.2) is 0 Å². The fourth-order valence-electron chi connectivity index (χ4n) is 6.95. The van der Waals surface area contributed by atoms with Crippen LogP contribution in [0.4, 0.5) is 0 Å². The zero-order valence-corrected chi connectivity index (χ0v) is 33.8. The van der Waals surface area contributed by atoms with Crippen LogP contribution in [0.15, 0.2) is 72.9 Å². The predicted octanol–water partition coefficient (Wildman–Crippen LogP) is 0.514. The lowest BCUT2D eigenvalue weighted by Gasteiger charge is -2.23. The van der Waals surface area contributed by atoms with Gasteiger partial charge in [0.05, 0.1) is 13.1 Å². The maximum Gasteiger partial charge on any atom is 0.243 e. The van der Waals surface area contributed by atoms with Crippen molar-refractivity contribution < 1.29 is 38.4 Å². The molecule has 318 valence electrons. The summed E-state index contributed by atoms with van der Waals surface area (Å²) in [5, 5.41) is 23.8. The van der Waals surface area contributed by atoms with Crippen molar-refractivity contribution in [2.24, 2.45) is 0 Å². The normalized spacial score (nSPS) is 19.7. The first-order valence-corrected chi connectivity index (χ1v) is 20.2. The molecule has 4 aromatic rings. The molecule has 8 amide bonds. The minimum atomic E-state index is -1.28. The van der Waals surface area contributed by atoms with E-state index in [1.54, 1.807) is 6.20 Å². The summed E-state index contributed by atoms with van der Waals surface area (Å²) in [4.78, 5) is 109. The standard InChI is InChI=1S/C43H53N9O8/c1-3-4-12-33(49-26(2)53)43(60)52-34-16-17-37(54)44-18-19-45-41(58)36(22-30-23-46-32-13-8-7-11-31(30)32)51-39(56)25-48-42(59)35(50-38(55)24-47-40(34)57)21-27-14-15-28-9-5-6-10-29(28)20-27/h5-11,13-15,20,23,33-36,46H,3-4,12,16-19,21-22,24-25H2,1-2H3,(H,44,54)(H,45,58)(H,47,57)(H,48,59)(H,49,53)(H,50,55)(H,51,56)(H,52,60)/t33-,34+,35-,36-/m1/s1. The van der Waals surface area contributed by atoms with Crippen molar-refractivity contribution in [2.75, 3.05) is 26.2 Å². The molecule has 0 saturated carbocycles. The molecule has 2 heterocycles. The number of H-pyrrole nitrogens is 1. The molecular formula is C43H53N9O8. The molecule has 3 aromatic carbocycles. The molecule has 4 atom stereocenters. The quantitative estimate of drug-likeness (QED) is 0.109. The van der Waals surface area contributed by atoms with Crippen LogP contribution >= 0.6 is 0 Å². The number of fused-ring (bicyclic) bond motifs is 2. The Bertz CT molecular complexity index is 2200. The van der Waals surface area contributed by atoms with Crippen molar-refractivity contribution in [3.63, 3.8) is 0 Å². The summed E-state index contributed by atoms with van der Waals surface area (Å²) in [6, 6.07) is 16.3. The third-order valence-corrected chi connectivity index (χ3v) is 10.1. The molecule has 1 aromatic heterocycles. The highest BCUT2D eigenvalue weighted by molar-refractivity contribution is 5.96. The largest absolute Gasteiger partial charge is 0.361 e. The molecule has 1 saturated heterocycles. The summed E-state index contributed by atoms with van der Waals surface area (Å²) in [6.07, 6.45) is 3.20. The zero-order chi connectivity index (χ0) is 43.0. The van der Waals surface area contributed by atoms with Gasteiger partial charge in [0.2, 0.25) is 47.3 Å². The third-order valence-electron chi connectivity index (χ3n) is 10.1. The van der Waals surface area contributed by atoms with Crippen LogP contribution in [0.1, 0.15) is 57.1 Å². The van der Waals surface area contributed by atoms with Crippen LogP contribution in [0.5, 0.6) is 0 Å². The summed E-state index contributed by atoms with van der Waals surface area (Å²) in [5.41, 5.74) is 2.33. The number of amides is 8. The molecule has 17 nitrogen and oxygen atoms in total. The lowest BCUT2D eigenvalue weighted by molar-refractivity contribution is -0.133. The van der Waals surface area contributed by atoms with Gasteiger partial charge < -0.3 is 47.5 Å². The Morgan fingerprint density at radius 1 is 0.733 bits per heavy atom. The number of nitrogens with one attached hydrogen (secondary N) is 9. The summed E-state index contributed by atoms with van der Waals surface area (Å²) >= 11 is 0. The maximum atomic E-state index is 13.7. The number of hydrogen-bond acceptors (Lipinski definition) is 8. The third kappa shape index (κ3) is 13.1. The van der Waals surface area contributed by atoms with Crippen molar-refractivity contribution in [3.05, 3.63) is 84.1 Å². The van der Waals surface area contributed by atoms with Crippen molar-refractivity contribution in [1.82, 2.24) is 47.5 Å². The summed E-state index contributed by atoms with van der Waals surface area (Å²) in [5.74, 6) is -4.92. The van der Waals surface area contributed by atoms with Crippen LogP contribution in [0, 0.1) is 0 Å². The minimum absolute atomic E-state index is 0.00225. The van der Waals surface area contributed by atoms with Crippen molar-refractivity contribution >= 4 is 68.9 Å². The molecule has 0 unspecified atom stereocenters. The molecule has 1 fully saturated rings. The second-order valence-corrected chi connectivity index (χ2v) is 14.8. The van der Waals surface area contributed by atoms with Gasteiger partial charge in [-0.1, -0.05) is 80.4 Å². The van der Waals surface area contributed by atoms with Crippen LogP contribution in [-0.4, -0.2) is 103 Å². The van der Waals surface area contributed by atoms with Gasteiger partial charge in [0.1, 0.15) is 24.2 Å². The molecule has 0 radical (unpaired) electrons. The number of hydrogen-bond donors (Lipinski definition) is 9. The van der Waals surface area contributed by atoms with Gasteiger partial charge in [-0.15, -0.1) is 0 Å². The Morgan fingerprint density at radius 2 is 1.38 bits per heavy atom. The van der Waals surface area contributed by atoms with E-state index in [0.717, 1.165) is 33.7 Å². The first-order chi connectivity index (χ1) is 28.9. The van der Waals surface area contributed by atoms with Gasteiger partial charge in [-0.05, 0) is 40.8 Å². The van der Waals surface area contributed by atoms with E-state index in [-0.39, 0.29) is 38.8 Å². The number of rotatable bonds is 10. The fraction of sp³-hybridized carbons (Fsp3) is 0.395. The van der Waals surface area contributed by atoms with E-state index >= 15 is 0 Å². The number of aromatic nitrogens is 1. The van der Waals surface area contributed by atoms with E-state index < -0.39 is 84.5 Å². The molecule has 0 bridgehead atoms. The van der Waals surface area contributed by atoms with E-state index in [4.69, 9.17) is 0 Å². The summed E-state index contributed by atoms with van der Waals surface area (Å²) in [6.45, 7) is 2.11. The average molecular weight is 824 g/mol. The summed E-state index contributed by atoms with van der Waals surface area (Å²) in [7, 11) is 0. The predicted molar refractivity (Wildman–Crippen MR) is 224 cm³/mol. The van der Waals surface area contributed by atoms with E-state index in [9.17, 15) is 38.4 Å². The highest BCUT2D eigenvalue weighted by Crippen LogP contribution is 2.20. The van der Waals surface area contributed by atoms with Crippen molar-refractivity contribution in [3.8, 4) is 0 Å². The van der Waals surface area contributed by atoms with Crippen molar-refractivity contribution in [2.45, 2.75) is 83.0 Å². The maximum absolute atomic E-state index is 13.7. The molecule has 1 aliphatic heterocycles. The number of benzene rings is 3. The number of unbranched alkanes of at least 4 members (excludes halogenated alkanes) is 1. The molecule has 0 aliphatic carbocycles. The lowest BCUT2D eigenvalue weighted by atomic mass is 10.0. The Kier molecular flexibility index (Phi) is 16.1. The Labute approximate surface area is 347 Å². The van der Waals surface area contributed by atoms with Crippen LogP contribution in [0.2, 0.25) is 0 Å². The topological polar surface area (TPSA) is 249 Å². The van der Waals surface area contributed by atoms with Crippen LogP contribution < -0.4 is 42.5 Å². The average Bonchev–Trinajstić information content (AvgIpc) is 3.64. The van der Waals surface area contributed by atoms with Crippen molar-refractivity contribution in [1.29, 1.82) is 0 Å². The number of aromatic amines is 1. The van der Waals surface area contributed by atoms with Crippen LogP contribution in [0.3, 0.4) is 0 Å². The highest BCUT2D eigenvalue weighted by atomic mass is 16.2. The SMILES string of the molecule is CCCC[C@@H](NC(C)=O)C(=O)N[C@H]1CCC(=O)NCCNC(=O)[C@@H](Cc2c[nH]c3ccccc23)NC(=O)CNC(=O)[C@@H](Cc2ccc3ccccc3c2)NC(=O)CNC1=O. The summed E-state index contributed by atoms with van der Waals surface area (Å²) < 4.78 is 0. The van der Waals surface area contributed by atoms with E-state index in [1.165, 1.54) is 6.92 Å². The fourth-order valence-corrected chi connectivity index (χ4v) is 6.95. The highest BCUT2D eigenvalue weighted by Gasteiger charge is 2.29. The van der Waals surface area contributed by atoms with Gasteiger partial charge >= 0.3 is 0 Å². The monoisotopic (exact) mass is 823 g/mol. The zero-order valence-electron chi connectivity index (χ0n) is 33.8. The molecule has 9 N–H and O–H groups in total. The molecule has 17 heteroatoms. The first kappa shape index (κ1) is 44.3. The molecule has 5 rings (SSSR count).